The molecule has 3 heterocycles. The van der Waals surface area contributed by atoms with Crippen molar-refractivity contribution in [3.05, 3.63) is 72.5 Å². The van der Waals surface area contributed by atoms with Crippen molar-refractivity contribution in [1.29, 1.82) is 0 Å². The smallest absolute Gasteiger partial charge is 0.323 e. The molecule has 3 N–H and O–H groups in total. The summed E-state index contributed by atoms with van der Waals surface area (Å²) in [6.07, 6.45) is 3.55. The van der Waals surface area contributed by atoms with E-state index in [0.717, 1.165) is 21.6 Å². The number of thiazole rings is 1. The number of carbonyl (C=O) groups excluding carboxylic acids is 1. The summed E-state index contributed by atoms with van der Waals surface area (Å²) in [6, 6.07) is 16.9. The normalized spacial score (nSPS) is 11.2. The second kappa shape index (κ2) is 10.9. The van der Waals surface area contributed by atoms with Crippen molar-refractivity contribution >= 4 is 44.8 Å². The molecular weight excluding hydrogens is 498 g/mol. The number of benzene rings is 2. The number of fused-ring (bicyclic) bond motifs is 1. The molecule has 9 nitrogen and oxygen atoms in total. The fourth-order valence-electron chi connectivity index (χ4n) is 3.84. The van der Waals surface area contributed by atoms with Gasteiger partial charge in [-0.3, -0.25) is 4.68 Å². The average Bonchev–Trinajstić information content (AvgIpc) is 3.52. The summed E-state index contributed by atoms with van der Waals surface area (Å²) in [5, 5.41) is 13.8. The highest BCUT2D eigenvalue weighted by atomic mass is 32.1. The first-order valence-electron chi connectivity index (χ1n) is 12.4. The number of aromatic nitrogens is 4. The largest absolute Gasteiger partial charge is 0.457 e. The van der Waals surface area contributed by atoms with E-state index in [0.29, 0.717) is 28.6 Å². The van der Waals surface area contributed by atoms with Crippen LogP contribution in [0.15, 0.2) is 72.5 Å². The Labute approximate surface area is 224 Å². The fourth-order valence-corrected chi connectivity index (χ4v) is 4.50. The highest BCUT2D eigenvalue weighted by Crippen LogP contribution is 2.31. The van der Waals surface area contributed by atoms with Crippen LogP contribution in [0.3, 0.4) is 0 Å². The predicted octanol–water partition coefficient (Wildman–Crippen LogP) is 7.39. The molecule has 0 atom stereocenters. The molecule has 0 saturated heterocycles. The van der Waals surface area contributed by atoms with Crippen molar-refractivity contribution in [2.75, 3.05) is 16.0 Å². The SMILES string of the molecule is CC(C)Nc1cc(Oc2ccc(NC(=O)Nc3cn(C(C)C)nc3-c3ccc4scnc4c3)cc2)ccn1. The van der Waals surface area contributed by atoms with E-state index in [-0.39, 0.29) is 18.1 Å². The molecule has 0 aliphatic heterocycles. The number of pyridine rings is 1. The minimum atomic E-state index is -0.364. The Balaban J connectivity index is 1.27. The van der Waals surface area contributed by atoms with E-state index >= 15 is 0 Å². The van der Waals surface area contributed by atoms with Crippen LogP contribution in [0.4, 0.5) is 22.0 Å². The number of anilines is 3. The van der Waals surface area contributed by atoms with Crippen LogP contribution in [0, 0.1) is 0 Å². The maximum absolute atomic E-state index is 12.9. The van der Waals surface area contributed by atoms with E-state index in [1.165, 1.54) is 0 Å². The van der Waals surface area contributed by atoms with Gasteiger partial charge in [-0.2, -0.15) is 5.10 Å². The summed E-state index contributed by atoms with van der Waals surface area (Å²) in [4.78, 5) is 21.6. The molecule has 0 aliphatic rings. The third kappa shape index (κ3) is 5.92. The lowest BCUT2D eigenvalue weighted by Crippen LogP contribution is -2.19. The summed E-state index contributed by atoms with van der Waals surface area (Å²) in [7, 11) is 0. The molecule has 0 fully saturated rings. The Morgan fingerprint density at radius 3 is 2.53 bits per heavy atom. The number of rotatable bonds is 8. The number of hydrogen-bond acceptors (Lipinski definition) is 7. The molecule has 0 saturated carbocycles. The highest BCUT2D eigenvalue weighted by molar-refractivity contribution is 7.16. The molecule has 2 aromatic carbocycles. The lowest BCUT2D eigenvalue weighted by molar-refractivity contribution is 0.262. The summed E-state index contributed by atoms with van der Waals surface area (Å²) < 4.78 is 8.89. The molecule has 0 bridgehead atoms. The Bertz CT molecular complexity index is 1560. The standard InChI is InChI=1S/C28H29N7O2S/c1-17(2)31-26-14-22(11-12-29-26)37-21-8-6-20(7-9-21)32-28(36)33-24-15-35(18(3)4)34-27(24)19-5-10-25-23(13-19)30-16-38-25/h5-18H,1-4H3,(H,29,31)(H2,32,33,36). The summed E-state index contributed by atoms with van der Waals surface area (Å²) in [5.41, 5.74) is 5.56. The van der Waals surface area contributed by atoms with Crippen LogP contribution >= 0.6 is 11.3 Å². The fraction of sp³-hybridized carbons (Fsp3) is 0.214. The molecule has 0 radical (unpaired) electrons. The van der Waals surface area contributed by atoms with Crippen LogP contribution in [-0.2, 0) is 0 Å². The number of nitrogens with zero attached hydrogens (tertiary/aromatic N) is 4. The van der Waals surface area contributed by atoms with Gasteiger partial charge in [0, 0.05) is 41.8 Å². The molecule has 0 unspecified atom stereocenters. The number of carbonyl (C=O) groups is 1. The van der Waals surface area contributed by atoms with E-state index < -0.39 is 0 Å². The summed E-state index contributed by atoms with van der Waals surface area (Å²) in [5.74, 6) is 2.07. The monoisotopic (exact) mass is 527 g/mol. The molecule has 5 aromatic rings. The topological polar surface area (TPSA) is 106 Å². The zero-order valence-corrected chi connectivity index (χ0v) is 22.4. The minimum absolute atomic E-state index is 0.139. The first-order valence-corrected chi connectivity index (χ1v) is 13.2. The van der Waals surface area contributed by atoms with Gasteiger partial charge in [-0.05, 0) is 70.2 Å². The Hall–Kier alpha value is -4.44. The van der Waals surface area contributed by atoms with Crippen molar-refractivity contribution in [1.82, 2.24) is 19.7 Å². The first-order chi connectivity index (χ1) is 18.3. The van der Waals surface area contributed by atoms with Crippen LogP contribution in [0.1, 0.15) is 33.7 Å². The van der Waals surface area contributed by atoms with Gasteiger partial charge in [0.2, 0.25) is 0 Å². The molecule has 10 heteroatoms. The van der Waals surface area contributed by atoms with Crippen molar-refractivity contribution in [2.45, 2.75) is 39.8 Å². The van der Waals surface area contributed by atoms with Crippen molar-refractivity contribution in [3.63, 3.8) is 0 Å². The summed E-state index contributed by atoms with van der Waals surface area (Å²) in [6.45, 7) is 8.19. The van der Waals surface area contributed by atoms with Crippen LogP contribution in [0.5, 0.6) is 11.5 Å². The minimum Gasteiger partial charge on any atom is -0.457 e. The van der Waals surface area contributed by atoms with Crippen molar-refractivity contribution < 1.29 is 9.53 Å². The van der Waals surface area contributed by atoms with E-state index in [1.807, 2.05) is 54.5 Å². The number of nitrogens with one attached hydrogen (secondary N) is 3. The molecule has 3 aromatic heterocycles. The summed E-state index contributed by atoms with van der Waals surface area (Å²) >= 11 is 1.59. The van der Waals surface area contributed by atoms with Crippen molar-refractivity contribution in [2.24, 2.45) is 0 Å². The van der Waals surface area contributed by atoms with E-state index in [4.69, 9.17) is 9.84 Å². The molecule has 38 heavy (non-hydrogen) atoms. The number of urea groups is 1. The van der Waals surface area contributed by atoms with Gasteiger partial charge in [-0.1, -0.05) is 6.07 Å². The quantitative estimate of drug-likeness (QED) is 0.194. The van der Waals surface area contributed by atoms with E-state index in [1.54, 1.807) is 47.9 Å². The lowest BCUT2D eigenvalue weighted by Gasteiger charge is -2.11. The molecule has 5 rings (SSSR count). The Morgan fingerprint density at radius 1 is 0.947 bits per heavy atom. The molecule has 2 amide bonds. The first kappa shape index (κ1) is 25.2. The van der Waals surface area contributed by atoms with Gasteiger partial charge in [0.05, 0.1) is 21.4 Å². The van der Waals surface area contributed by atoms with Crippen LogP contribution < -0.4 is 20.7 Å². The average molecular weight is 528 g/mol. The number of ether oxygens (including phenoxy) is 1. The van der Waals surface area contributed by atoms with Crippen LogP contribution in [0.25, 0.3) is 21.5 Å². The predicted molar refractivity (Wildman–Crippen MR) is 153 cm³/mol. The Kier molecular flexibility index (Phi) is 7.23. The van der Waals surface area contributed by atoms with Gasteiger partial charge in [0.15, 0.2) is 0 Å². The van der Waals surface area contributed by atoms with Gasteiger partial charge in [0.25, 0.3) is 0 Å². The van der Waals surface area contributed by atoms with Crippen LogP contribution in [0.2, 0.25) is 0 Å². The molecule has 0 aliphatic carbocycles. The molecular formula is C28H29N7O2S. The lowest BCUT2D eigenvalue weighted by atomic mass is 10.1. The van der Waals surface area contributed by atoms with Gasteiger partial charge in [-0.25, -0.2) is 14.8 Å². The van der Waals surface area contributed by atoms with Crippen molar-refractivity contribution in [3.8, 4) is 22.8 Å². The number of amides is 2. The van der Waals surface area contributed by atoms with E-state index in [9.17, 15) is 4.79 Å². The van der Waals surface area contributed by atoms with Gasteiger partial charge in [-0.15, -0.1) is 11.3 Å². The van der Waals surface area contributed by atoms with Gasteiger partial charge < -0.3 is 20.7 Å². The van der Waals surface area contributed by atoms with Gasteiger partial charge in [0.1, 0.15) is 23.0 Å². The van der Waals surface area contributed by atoms with E-state index in [2.05, 4.69) is 39.8 Å². The third-order valence-electron chi connectivity index (χ3n) is 5.63. The maximum Gasteiger partial charge on any atom is 0.323 e. The molecule has 194 valence electrons. The second-order valence-corrected chi connectivity index (χ2v) is 10.3. The zero-order valence-electron chi connectivity index (χ0n) is 21.6. The zero-order chi connectivity index (χ0) is 26.6. The number of hydrogen-bond donors (Lipinski definition) is 3. The maximum atomic E-state index is 12.9. The van der Waals surface area contributed by atoms with Gasteiger partial charge >= 0.3 is 6.03 Å². The second-order valence-electron chi connectivity index (χ2n) is 9.38. The molecule has 0 spiro atoms. The highest BCUT2D eigenvalue weighted by Gasteiger charge is 2.16. The third-order valence-corrected chi connectivity index (χ3v) is 6.44. The van der Waals surface area contributed by atoms with Crippen LogP contribution in [-0.4, -0.2) is 31.8 Å². The Morgan fingerprint density at radius 2 is 1.76 bits per heavy atom.